The zero-order valence-electron chi connectivity index (χ0n) is 12.1. The molecule has 0 bridgehead atoms. The molecule has 1 unspecified atom stereocenters. The van der Waals surface area contributed by atoms with E-state index in [9.17, 15) is 8.42 Å². The second kappa shape index (κ2) is 6.44. The van der Waals surface area contributed by atoms with Crippen LogP contribution in [0.15, 0.2) is 28.5 Å². The van der Waals surface area contributed by atoms with Gasteiger partial charge < -0.3 is 0 Å². The van der Waals surface area contributed by atoms with Crippen molar-refractivity contribution >= 4 is 33.0 Å². The van der Waals surface area contributed by atoms with Crippen molar-refractivity contribution in [3.05, 3.63) is 45.6 Å². The monoisotopic (exact) mass is 344 g/mol. The minimum Gasteiger partial charge on any atom is -0.229 e. The number of nitrogens with one attached hydrogen (secondary N) is 1. The first-order valence-corrected chi connectivity index (χ1v) is 9.25. The third-order valence-corrected chi connectivity index (χ3v) is 6.60. The molecule has 7 heteroatoms. The highest BCUT2D eigenvalue weighted by Gasteiger charge is 2.23. The fourth-order valence-corrected chi connectivity index (χ4v) is 4.98. The molecule has 1 aromatic heterocycles. The van der Waals surface area contributed by atoms with Gasteiger partial charge in [0.15, 0.2) is 8.68 Å². The molecule has 0 fully saturated rings. The second-order valence-corrected chi connectivity index (χ2v) is 8.27. The molecule has 1 heterocycles. The summed E-state index contributed by atoms with van der Waals surface area (Å²) in [7, 11) is -3.61. The Kier molecular flexibility index (Phi) is 5.03. The van der Waals surface area contributed by atoms with Gasteiger partial charge in [-0.2, -0.15) is 0 Å². The Morgan fingerprint density at radius 1 is 1.33 bits per heavy atom. The number of sulfonamides is 1. The lowest BCUT2D eigenvalue weighted by Crippen LogP contribution is -2.26. The summed E-state index contributed by atoms with van der Waals surface area (Å²) in [5, 5.41) is 0. The number of rotatable bonds is 5. The first kappa shape index (κ1) is 16.4. The van der Waals surface area contributed by atoms with E-state index in [1.165, 1.54) is 5.56 Å². The standard InChI is InChI=1S/C14H17ClN2O2S2/c1-4-11-5-7-12(8-6-11)9(2)17-21(18,19)13-10(3)16-14(15)20-13/h5-9,17H,4H2,1-3H3. The Balaban J connectivity index is 2.21. The molecule has 0 aliphatic carbocycles. The molecule has 0 aliphatic rings. The first-order chi connectivity index (χ1) is 9.83. The van der Waals surface area contributed by atoms with E-state index in [2.05, 4.69) is 16.6 Å². The average Bonchev–Trinajstić information content (AvgIpc) is 2.78. The molecule has 0 spiro atoms. The van der Waals surface area contributed by atoms with Crippen LogP contribution < -0.4 is 4.72 Å². The summed E-state index contributed by atoms with van der Waals surface area (Å²) in [5.74, 6) is 0. The number of hydrogen-bond acceptors (Lipinski definition) is 4. The summed E-state index contributed by atoms with van der Waals surface area (Å²) in [6.07, 6.45) is 0.957. The van der Waals surface area contributed by atoms with Crippen molar-refractivity contribution in [1.82, 2.24) is 9.71 Å². The van der Waals surface area contributed by atoms with E-state index < -0.39 is 10.0 Å². The van der Waals surface area contributed by atoms with Gasteiger partial charge in [0.25, 0.3) is 10.0 Å². The number of hydrogen-bond donors (Lipinski definition) is 1. The van der Waals surface area contributed by atoms with Crippen LogP contribution in [0.3, 0.4) is 0 Å². The van der Waals surface area contributed by atoms with Crippen LogP contribution >= 0.6 is 22.9 Å². The van der Waals surface area contributed by atoms with Crippen molar-refractivity contribution < 1.29 is 8.42 Å². The summed E-state index contributed by atoms with van der Waals surface area (Å²) in [6.45, 7) is 5.53. The molecule has 2 aromatic rings. The van der Waals surface area contributed by atoms with Crippen LogP contribution in [0.2, 0.25) is 4.47 Å². The normalized spacial score (nSPS) is 13.3. The fourth-order valence-electron chi connectivity index (χ4n) is 2.00. The molecule has 0 radical (unpaired) electrons. The van der Waals surface area contributed by atoms with Crippen molar-refractivity contribution in [2.75, 3.05) is 0 Å². The van der Waals surface area contributed by atoms with Crippen LogP contribution in [0, 0.1) is 6.92 Å². The molecule has 4 nitrogen and oxygen atoms in total. The summed E-state index contributed by atoms with van der Waals surface area (Å²) in [6, 6.07) is 7.59. The SMILES string of the molecule is CCc1ccc(C(C)NS(=O)(=O)c2sc(Cl)nc2C)cc1. The van der Waals surface area contributed by atoms with Gasteiger partial charge in [0.1, 0.15) is 0 Å². The van der Waals surface area contributed by atoms with Gasteiger partial charge in [0.05, 0.1) is 5.69 Å². The lowest BCUT2D eigenvalue weighted by atomic mass is 10.1. The molecule has 1 aromatic carbocycles. The third kappa shape index (κ3) is 3.83. The molecule has 114 valence electrons. The largest absolute Gasteiger partial charge is 0.252 e. The van der Waals surface area contributed by atoms with Crippen LogP contribution in [-0.2, 0) is 16.4 Å². The molecule has 0 saturated carbocycles. The zero-order chi connectivity index (χ0) is 15.6. The van der Waals surface area contributed by atoms with E-state index in [-0.39, 0.29) is 14.7 Å². The van der Waals surface area contributed by atoms with Gasteiger partial charge in [-0.15, -0.1) is 0 Å². The number of aryl methyl sites for hydroxylation is 2. The van der Waals surface area contributed by atoms with E-state index in [1.807, 2.05) is 31.2 Å². The summed E-state index contributed by atoms with van der Waals surface area (Å²) < 4.78 is 27.8. The molecular formula is C14H17ClN2O2S2. The van der Waals surface area contributed by atoms with E-state index in [0.29, 0.717) is 5.69 Å². The Labute approximate surface area is 134 Å². The van der Waals surface area contributed by atoms with Crippen LogP contribution in [-0.4, -0.2) is 13.4 Å². The number of thiazole rings is 1. The van der Waals surface area contributed by atoms with Gasteiger partial charge in [-0.25, -0.2) is 18.1 Å². The summed E-state index contributed by atoms with van der Waals surface area (Å²) >= 11 is 6.74. The zero-order valence-corrected chi connectivity index (χ0v) is 14.4. The lowest BCUT2D eigenvalue weighted by molar-refractivity contribution is 0.568. The van der Waals surface area contributed by atoms with Crippen molar-refractivity contribution in [1.29, 1.82) is 0 Å². The van der Waals surface area contributed by atoms with Crippen LogP contribution in [0.4, 0.5) is 0 Å². The maximum Gasteiger partial charge on any atom is 0.252 e. The van der Waals surface area contributed by atoms with Gasteiger partial charge in [-0.3, -0.25) is 0 Å². The molecule has 0 amide bonds. The molecule has 2 rings (SSSR count). The maximum absolute atomic E-state index is 12.4. The van der Waals surface area contributed by atoms with E-state index >= 15 is 0 Å². The van der Waals surface area contributed by atoms with E-state index in [1.54, 1.807) is 6.92 Å². The number of aromatic nitrogens is 1. The summed E-state index contributed by atoms with van der Waals surface area (Å²) in [5.41, 5.74) is 2.56. The Bertz CT molecular complexity index is 724. The van der Waals surface area contributed by atoms with E-state index in [4.69, 9.17) is 11.6 Å². The van der Waals surface area contributed by atoms with Crippen LogP contribution in [0.1, 0.15) is 36.7 Å². The predicted molar refractivity (Wildman–Crippen MR) is 86.4 cm³/mol. The topological polar surface area (TPSA) is 59.1 Å². The highest BCUT2D eigenvalue weighted by Crippen LogP contribution is 2.28. The predicted octanol–water partition coefficient (Wildman–Crippen LogP) is 3.71. The fraction of sp³-hybridized carbons (Fsp3) is 0.357. The average molecular weight is 345 g/mol. The summed E-state index contributed by atoms with van der Waals surface area (Å²) in [4.78, 5) is 3.94. The van der Waals surface area contributed by atoms with Crippen molar-refractivity contribution in [3.63, 3.8) is 0 Å². The van der Waals surface area contributed by atoms with Crippen molar-refractivity contribution in [2.24, 2.45) is 0 Å². The lowest BCUT2D eigenvalue weighted by Gasteiger charge is -2.14. The Hall–Kier alpha value is -0.950. The third-order valence-electron chi connectivity index (χ3n) is 3.19. The smallest absolute Gasteiger partial charge is 0.229 e. The number of nitrogens with zero attached hydrogens (tertiary/aromatic N) is 1. The Morgan fingerprint density at radius 2 is 1.95 bits per heavy atom. The van der Waals surface area contributed by atoms with Gasteiger partial charge in [-0.05, 0) is 31.4 Å². The Morgan fingerprint density at radius 3 is 2.43 bits per heavy atom. The van der Waals surface area contributed by atoms with E-state index in [0.717, 1.165) is 23.3 Å². The molecule has 0 saturated heterocycles. The van der Waals surface area contributed by atoms with Gasteiger partial charge >= 0.3 is 0 Å². The molecule has 21 heavy (non-hydrogen) atoms. The first-order valence-electron chi connectivity index (χ1n) is 6.57. The highest BCUT2D eigenvalue weighted by atomic mass is 35.5. The maximum atomic E-state index is 12.4. The molecule has 1 N–H and O–H groups in total. The number of halogens is 1. The highest BCUT2D eigenvalue weighted by molar-refractivity contribution is 7.91. The van der Waals surface area contributed by atoms with Crippen molar-refractivity contribution in [3.8, 4) is 0 Å². The molecule has 1 atom stereocenters. The molecule has 0 aliphatic heterocycles. The van der Waals surface area contributed by atoms with Gasteiger partial charge in [0.2, 0.25) is 0 Å². The quantitative estimate of drug-likeness (QED) is 0.899. The van der Waals surface area contributed by atoms with Crippen LogP contribution in [0.25, 0.3) is 0 Å². The second-order valence-electron chi connectivity index (χ2n) is 4.78. The molecular weight excluding hydrogens is 328 g/mol. The minimum atomic E-state index is -3.61. The number of benzene rings is 1. The van der Waals surface area contributed by atoms with Crippen molar-refractivity contribution in [2.45, 2.75) is 37.4 Å². The van der Waals surface area contributed by atoms with Gasteiger partial charge in [-0.1, -0.05) is 54.1 Å². The van der Waals surface area contributed by atoms with Gasteiger partial charge in [0, 0.05) is 6.04 Å². The van der Waals surface area contributed by atoms with Crippen LogP contribution in [0.5, 0.6) is 0 Å². The minimum absolute atomic E-state index is 0.171.